The maximum absolute atomic E-state index is 12.9. The lowest BCUT2D eigenvalue weighted by Crippen LogP contribution is -2.06. The van der Waals surface area contributed by atoms with E-state index < -0.39 is 23.5 Å². The SMILES string of the molecule is C=Cc1nc(-c2ccc(C(F)(F)F)cc2)nc(-c2ccc(C(F)(F)F)cc2)c1OCC. The molecule has 0 N–H and O–H groups in total. The van der Waals surface area contributed by atoms with Crippen LogP contribution in [0.1, 0.15) is 23.7 Å². The highest BCUT2D eigenvalue weighted by atomic mass is 19.4. The molecule has 0 radical (unpaired) electrons. The van der Waals surface area contributed by atoms with Crippen molar-refractivity contribution in [2.75, 3.05) is 6.61 Å². The number of hydrogen-bond acceptors (Lipinski definition) is 3. The van der Waals surface area contributed by atoms with E-state index in [1.165, 1.54) is 30.3 Å². The van der Waals surface area contributed by atoms with Gasteiger partial charge in [0.2, 0.25) is 0 Å². The summed E-state index contributed by atoms with van der Waals surface area (Å²) >= 11 is 0. The van der Waals surface area contributed by atoms with Gasteiger partial charge < -0.3 is 4.74 Å². The number of rotatable bonds is 5. The Labute approximate surface area is 174 Å². The van der Waals surface area contributed by atoms with Crippen molar-refractivity contribution in [2.24, 2.45) is 0 Å². The fourth-order valence-corrected chi connectivity index (χ4v) is 2.84. The minimum Gasteiger partial charge on any atom is -0.489 e. The molecule has 0 atom stereocenters. The Balaban J connectivity index is 2.14. The highest BCUT2D eigenvalue weighted by Gasteiger charge is 2.31. The summed E-state index contributed by atoms with van der Waals surface area (Å²) in [7, 11) is 0. The molecule has 0 aliphatic heterocycles. The van der Waals surface area contributed by atoms with Crippen LogP contribution in [0.2, 0.25) is 0 Å². The predicted molar refractivity (Wildman–Crippen MR) is 104 cm³/mol. The molecule has 1 heterocycles. The Morgan fingerprint density at radius 2 is 1.29 bits per heavy atom. The Kier molecular flexibility index (Phi) is 6.06. The summed E-state index contributed by atoms with van der Waals surface area (Å²) < 4.78 is 82.8. The molecule has 3 rings (SSSR count). The molecular weight excluding hydrogens is 422 g/mol. The molecule has 2 aromatic carbocycles. The fraction of sp³-hybridized carbons (Fsp3) is 0.182. The van der Waals surface area contributed by atoms with E-state index in [1.54, 1.807) is 6.92 Å². The molecular formula is C22H16F6N2O. The van der Waals surface area contributed by atoms with E-state index >= 15 is 0 Å². The molecule has 0 aliphatic rings. The molecule has 31 heavy (non-hydrogen) atoms. The third-order valence-electron chi connectivity index (χ3n) is 4.33. The van der Waals surface area contributed by atoms with E-state index in [2.05, 4.69) is 16.5 Å². The van der Waals surface area contributed by atoms with Crippen molar-refractivity contribution < 1.29 is 31.1 Å². The number of nitrogens with zero attached hydrogens (tertiary/aromatic N) is 2. The van der Waals surface area contributed by atoms with Crippen LogP contribution in [0.5, 0.6) is 5.75 Å². The van der Waals surface area contributed by atoms with Gasteiger partial charge in [0.1, 0.15) is 11.4 Å². The van der Waals surface area contributed by atoms with E-state index in [-0.39, 0.29) is 29.6 Å². The first kappa shape index (κ1) is 22.3. The van der Waals surface area contributed by atoms with Crippen molar-refractivity contribution >= 4 is 6.08 Å². The van der Waals surface area contributed by atoms with Crippen LogP contribution in [-0.4, -0.2) is 16.6 Å². The highest BCUT2D eigenvalue weighted by Crippen LogP contribution is 2.37. The van der Waals surface area contributed by atoms with Crippen LogP contribution in [0.4, 0.5) is 26.3 Å². The average Bonchev–Trinajstić information content (AvgIpc) is 2.73. The van der Waals surface area contributed by atoms with Gasteiger partial charge in [-0.1, -0.05) is 30.8 Å². The zero-order valence-corrected chi connectivity index (χ0v) is 16.2. The van der Waals surface area contributed by atoms with Gasteiger partial charge in [-0.2, -0.15) is 26.3 Å². The lowest BCUT2D eigenvalue weighted by molar-refractivity contribution is -0.138. The van der Waals surface area contributed by atoms with Crippen LogP contribution in [0, 0.1) is 0 Å². The lowest BCUT2D eigenvalue weighted by Gasteiger charge is -2.15. The summed E-state index contributed by atoms with van der Waals surface area (Å²) in [5.74, 6) is 0.301. The molecule has 0 amide bonds. The molecule has 0 bridgehead atoms. The zero-order valence-electron chi connectivity index (χ0n) is 16.2. The zero-order chi connectivity index (χ0) is 22.8. The number of benzene rings is 2. The van der Waals surface area contributed by atoms with Crippen molar-refractivity contribution in [2.45, 2.75) is 19.3 Å². The molecule has 9 heteroatoms. The molecule has 3 nitrogen and oxygen atoms in total. The first-order valence-electron chi connectivity index (χ1n) is 9.07. The maximum Gasteiger partial charge on any atom is 0.416 e. The van der Waals surface area contributed by atoms with Gasteiger partial charge in [-0.25, -0.2) is 9.97 Å². The van der Waals surface area contributed by atoms with Gasteiger partial charge in [-0.15, -0.1) is 0 Å². The molecule has 0 saturated carbocycles. The molecule has 0 spiro atoms. The summed E-state index contributed by atoms with van der Waals surface area (Å²) in [6, 6.07) is 8.58. The van der Waals surface area contributed by atoms with Gasteiger partial charge in [0.25, 0.3) is 0 Å². The monoisotopic (exact) mass is 438 g/mol. The number of hydrogen-bond donors (Lipinski definition) is 0. The van der Waals surface area contributed by atoms with Crippen molar-refractivity contribution in [3.63, 3.8) is 0 Å². The Morgan fingerprint density at radius 3 is 1.71 bits per heavy atom. The second-order valence-corrected chi connectivity index (χ2v) is 6.40. The van der Waals surface area contributed by atoms with E-state index in [0.717, 1.165) is 24.3 Å². The van der Waals surface area contributed by atoms with Crippen LogP contribution < -0.4 is 4.74 Å². The van der Waals surface area contributed by atoms with Crippen molar-refractivity contribution in [3.05, 3.63) is 71.9 Å². The van der Waals surface area contributed by atoms with Gasteiger partial charge in [0.05, 0.1) is 17.7 Å². The van der Waals surface area contributed by atoms with E-state index in [1.807, 2.05) is 0 Å². The van der Waals surface area contributed by atoms with Gasteiger partial charge >= 0.3 is 12.4 Å². The van der Waals surface area contributed by atoms with Gasteiger partial charge in [-0.05, 0) is 37.3 Å². The molecule has 0 saturated heterocycles. The second kappa shape index (κ2) is 8.41. The molecule has 0 fully saturated rings. The Bertz CT molecular complexity index is 1070. The summed E-state index contributed by atoms with van der Waals surface area (Å²) in [6.45, 7) is 5.62. The van der Waals surface area contributed by atoms with E-state index in [0.29, 0.717) is 11.1 Å². The first-order valence-corrected chi connectivity index (χ1v) is 9.07. The highest BCUT2D eigenvalue weighted by molar-refractivity contribution is 5.74. The Morgan fingerprint density at radius 1 is 0.806 bits per heavy atom. The maximum atomic E-state index is 12.9. The smallest absolute Gasteiger partial charge is 0.416 e. The predicted octanol–water partition coefficient (Wildman–Crippen LogP) is 6.89. The van der Waals surface area contributed by atoms with Crippen LogP contribution in [0.25, 0.3) is 28.7 Å². The lowest BCUT2D eigenvalue weighted by atomic mass is 10.1. The normalized spacial score (nSPS) is 12.0. The standard InChI is InChI=1S/C22H16F6N2O/c1-3-17-19(31-4-2)18(13-5-9-15(10-6-13)21(23,24)25)30-20(29-17)14-7-11-16(12-8-14)22(26,27)28/h3,5-12H,1,4H2,2H3. The van der Waals surface area contributed by atoms with Crippen molar-refractivity contribution in [1.29, 1.82) is 0 Å². The molecule has 162 valence electrons. The number of aromatic nitrogens is 2. The third kappa shape index (κ3) is 4.87. The summed E-state index contributed by atoms with van der Waals surface area (Å²) in [6.07, 6.45) is -7.60. The minimum atomic E-state index is -4.50. The van der Waals surface area contributed by atoms with Crippen molar-refractivity contribution in [1.82, 2.24) is 9.97 Å². The molecule has 0 aliphatic carbocycles. The second-order valence-electron chi connectivity index (χ2n) is 6.40. The Hall–Kier alpha value is -3.36. The van der Waals surface area contributed by atoms with E-state index in [4.69, 9.17) is 4.74 Å². The number of alkyl halides is 6. The van der Waals surface area contributed by atoms with Gasteiger partial charge in [0, 0.05) is 11.1 Å². The largest absolute Gasteiger partial charge is 0.489 e. The molecule has 3 aromatic rings. The number of ether oxygens (including phenoxy) is 1. The topological polar surface area (TPSA) is 35.0 Å². The minimum absolute atomic E-state index is 0.0852. The van der Waals surface area contributed by atoms with Crippen LogP contribution in [0.3, 0.4) is 0 Å². The number of halogens is 6. The molecule has 0 unspecified atom stereocenters. The van der Waals surface area contributed by atoms with Crippen LogP contribution >= 0.6 is 0 Å². The average molecular weight is 438 g/mol. The van der Waals surface area contributed by atoms with Gasteiger partial charge in [-0.3, -0.25) is 0 Å². The fourth-order valence-electron chi connectivity index (χ4n) is 2.84. The van der Waals surface area contributed by atoms with Gasteiger partial charge in [0.15, 0.2) is 11.6 Å². The third-order valence-corrected chi connectivity index (χ3v) is 4.33. The summed E-state index contributed by atoms with van der Waals surface area (Å²) in [5, 5.41) is 0. The molecule has 1 aromatic heterocycles. The van der Waals surface area contributed by atoms with E-state index in [9.17, 15) is 26.3 Å². The first-order chi connectivity index (χ1) is 14.5. The summed E-state index contributed by atoms with van der Waals surface area (Å²) in [5.41, 5.74) is -0.552. The summed E-state index contributed by atoms with van der Waals surface area (Å²) in [4.78, 5) is 8.68. The van der Waals surface area contributed by atoms with Crippen LogP contribution in [0.15, 0.2) is 55.1 Å². The van der Waals surface area contributed by atoms with Crippen LogP contribution in [-0.2, 0) is 12.4 Å². The van der Waals surface area contributed by atoms with Crippen molar-refractivity contribution in [3.8, 4) is 28.4 Å². The quantitative estimate of drug-likeness (QED) is 0.407.